The van der Waals surface area contributed by atoms with Crippen LogP contribution in [0.3, 0.4) is 0 Å². The predicted octanol–water partition coefficient (Wildman–Crippen LogP) is -0.359. The minimum atomic E-state index is -0.430. The van der Waals surface area contributed by atoms with Crippen LogP contribution in [0.2, 0.25) is 0 Å². The normalized spacial score (nSPS) is 18.8. The zero-order valence-electron chi connectivity index (χ0n) is 10.5. The van der Waals surface area contributed by atoms with Crippen molar-refractivity contribution in [1.82, 2.24) is 5.32 Å². The molecule has 1 aromatic carbocycles. The van der Waals surface area contributed by atoms with Gasteiger partial charge in [0.1, 0.15) is 6.04 Å². The van der Waals surface area contributed by atoms with Gasteiger partial charge in [0.2, 0.25) is 11.8 Å². The summed E-state index contributed by atoms with van der Waals surface area (Å²) in [6.07, 6.45) is 0.102. The second kappa shape index (κ2) is 6.31. The smallest absolute Gasteiger partial charge is 0.243 e. The van der Waals surface area contributed by atoms with Gasteiger partial charge in [0.25, 0.3) is 0 Å². The first-order valence-corrected chi connectivity index (χ1v) is 6.15. The van der Waals surface area contributed by atoms with Crippen molar-refractivity contribution in [2.24, 2.45) is 5.73 Å². The van der Waals surface area contributed by atoms with E-state index in [4.69, 9.17) is 10.5 Å². The Morgan fingerprint density at radius 2 is 2.21 bits per heavy atom. The summed E-state index contributed by atoms with van der Waals surface area (Å²) in [5.41, 5.74) is 6.50. The quantitative estimate of drug-likeness (QED) is 0.691. The molecule has 4 N–H and O–H groups in total. The largest absolute Gasteiger partial charge is 0.378 e. The molecule has 1 atom stereocenters. The van der Waals surface area contributed by atoms with Crippen LogP contribution in [-0.4, -0.2) is 37.6 Å². The highest BCUT2D eigenvalue weighted by Crippen LogP contribution is 2.16. The Balaban J connectivity index is 2.05. The van der Waals surface area contributed by atoms with E-state index in [-0.39, 0.29) is 18.4 Å². The molecule has 1 fully saturated rings. The number of para-hydroxylation sites is 1. The summed E-state index contributed by atoms with van der Waals surface area (Å²) < 4.78 is 5.24. The Morgan fingerprint density at radius 1 is 1.42 bits per heavy atom. The highest BCUT2D eigenvalue weighted by molar-refractivity contribution is 5.96. The fourth-order valence-electron chi connectivity index (χ4n) is 1.94. The third-order valence-corrected chi connectivity index (χ3v) is 2.88. The maximum absolute atomic E-state index is 12.0. The lowest BCUT2D eigenvalue weighted by atomic mass is 10.1. The van der Waals surface area contributed by atoms with Crippen LogP contribution in [0.1, 0.15) is 5.56 Å². The molecule has 6 heteroatoms. The van der Waals surface area contributed by atoms with Crippen LogP contribution in [0.25, 0.3) is 0 Å². The molecule has 1 aliphatic rings. The van der Waals surface area contributed by atoms with Crippen LogP contribution in [0, 0.1) is 0 Å². The van der Waals surface area contributed by atoms with E-state index < -0.39 is 5.91 Å². The van der Waals surface area contributed by atoms with E-state index in [9.17, 15) is 9.59 Å². The van der Waals surface area contributed by atoms with Crippen LogP contribution in [-0.2, 0) is 20.7 Å². The molecule has 1 aromatic rings. The highest BCUT2D eigenvalue weighted by atomic mass is 16.5. The molecule has 1 saturated heterocycles. The topological polar surface area (TPSA) is 93.5 Å². The monoisotopic (exact) mass is 263 g/mol. The lowest BCUT2D eigenvalue weighted by Gasteiger charge is -2.23. The summed E-state index contributed by atoms with van der Waals surface area (Å²) in [5.74, 6) is -0.600. The standard InChI is InChI=1S/C13H17N3O3/c14-12(17)7-9-3-1-2-4-10(9)16-13(18)11-8-19-6-5-15-11/h1-4,11,15H,5-8H2,(H2,14,17)(H,16,18). The van der Waals surface area contributed by atoms with E-state index in [1.165, 1.54) is 0 Å². The number of hydrogen-bond donors (Lipinski definition) is 3. The number of carbonyl (C=O) groups is 2. The van der Waals surface area contributed by atoms with Gasteiger partial charge < -0.3 is 21.1 Å². The average molecular weight is 263 g/mol. The fourth-order valence-corrected chi connectivity index (χ4v) is 1.94. The number of nitrogens with two attached hydrogens (primary N) is 1. The summed E-state index contributed by atoms with van der Waals surface area (Å²) in [6.45, 7) is 1.62. The molecule has 2 amide bonds. The fraction of sp³-hybridized carbons (Fsp3) is 0.385. The number of benzene rings is 1. The van der Waals surface area contributed by atoms with Crippen molar-refractivity contribution >= 4 is 17.5 Å². The molecule has 0 spiro atoms. The number of anilines is 1. The van der Waals surface area contributed by atoms with E-state index >= 15 is 0 Å². The number of nitrogens with one attached hydrogen (secondary N) is 2. The van der Waals surface area contributed by atoms with Gasteiger partial charge in [0.15, 0.2) is 0 Å². The van der Waals surface area contributed by atoms with E-state index in [0.717, 1.165) is 0 Å². The highest BCUT2D eigenvalue weighted by Gasteiger charge is 2.21. The lowest BCUT2D eigenvalue weighted by molar-refractivity contribution is -0.121. The van der Waals surface area contributed by atoms with Crippen molar-refractivity contribution in [3.63, 3.8) is 0 Å². The zero-order valence-corrected chi connectivity index (χ0v) is 10.5. The van der Waals surface area contributed by atoms with Crippen molar-refractivity contribution in [3.05, 3.63) is 29.8 Å². The third kappa shape index (κ3) is 3.77. The zero-order chi connectivity index (χ0) is 13.7. The molecular weight excluding hydrogens is 246 g/mol. The number of morpholine rings is 1. The van der Waals surface area contributed by atoms with Crippen molar-refractivity contribution in [1.29, 1.82) is 0 Å². The Bertz CT molecular complexity index is 470. The van der Waals surface area contributed by atoms with Crippen LogP contribution in [0.4, 0.5) is 5.69 Å². The summed E-state index contributed by atoms with van der Waals surface area (Å²) in [4.78, 5) is 23.0. The van der Waals surface area contributed by atoms with Crippen molar-refractivity contribution in [2.45, 2.75) is 12.5 Å². The molecule has 1 heterocycles. The number of primary amides is 1. The number of hydrogen-bond acceptors (Lipinski definition) is 4. The lowest BCUT2D eigenvalue weighted by Crippen LogP contribution is -2.48. The van der Waals surface area contributed by atoms with Crippen LogP contribution >= 0.6 is 0 Å². The Morgan fingerprint density at radius 3 is 2.89 bits per heavy atom. The van der Waals surface area contributed by atoms with Crippen molar-refractivity contribution in [2.75, 3.05) is 25.1 Å². The first-order chi connectivity index (χ1) is 9.16. The van der Waals surface area contributed by atoms with Crippen LogP contribution < -0.4 is 16.4 Å². The van der Waals surface area contributed by atoms with E-state index in [1.54, 1.807) is 24.3 Å². The first-order valence-electron chi connectivity index (χ1n) is 6.15. The molecule has 0 radical (unpaired) electrons. The van der Waals surface area contributed by atoms with Gasteiger partial charge in [-0.25, -0.2) is 0 Å². The molecule has 0 aliphatic carbocycles. The molecule has 0 saturated carbocycles. The van der Waals surface area contributed by atoms with Crippen LogP contribution in [0.5, 0.6) is 0 Å². The summed E-state index contributed by atoms with van der Waals surface area (Å²) >= 11 is 0. The molecule has 1 aliphatic heterocycles. The van der Waals surface area contributed by atoms with Gasteiger partial charge in [-0.3, -0.25) is 9.59 Å². The second-order valence-corrected chi connectivity index (χ2v) is 4.37. The maximum atomic E-state index is 12.0. The van der Waals surface area contributed by atoms with E-state index in [0.29, 0.717) is 31.0 Å². The summed E-state index contributed by atoms with van der Waals surface area (Å²) in [7, 11) is 0. The Labute approximate surface area is 111 Å². The first kappa shape index (κ1) is 13.5. The van der Waals surface area contributed by atoms with Gasteiger partial charge in [-0.15, -0.1) is 0 Å². The van der Waals surface area contributed by atoms with Gasteiger partial charge >= 0.3 is 0 Å². The predicted molar refractivity (Wildman–Crippen MR) is 70.6 cm³/mol. The number of carbonyl (C=O) groups excluding carboxylic acids is 2. The average Bonchev–Trinajstić information content (AvgIpc) is 2.41. The van der Waals surface area contributed by atoms with Gasteiger partial charge in [-0.1, -0.05) is 18.2 Å². The molecule has 0 aromatic heterocycles. The van der Waals surface area contributed by atoms with Gasteiger partial charge in [0, 0.05) is 12.2 Å². The van der Waals surface area contributed by atoms with Gasteiger partial charge in [-0.2, -0.15) is 0 Å². The second-order valence-electron chi connectivity index (χ2n) is 4.37. The molecule has 2 rings (SSSR count). The Kier molecular flexibility index (Phi) is 4.48. The summed E-state index contributed by atoms with van der Waals surface area (Å²) in [5, 5.41) is 5.87. The molecule has 6 nitrogen and oxygen atoms in total. The molecule has 0 bridgehead atoms. The minimum Gasteiger partial charge on any atom is -0.378 e. The van der Waals surface area contributed by atoms with E-state index in [1.807, 2.05) is 0 Å². The number of ether oxygens (including phenoxy) is 1. The minimum absolute atomic E-state index is 0.102. The van der Waals surface area contributed by atoms with Crippen LogP contribution in [0.15, 0.2) is 24.3 Å². The van der Waals surface area contributed by atoms with E-state index in [2.05, 4.69) is 10.6 Å². The molecule has 19 heavy (non-hydrogen) atoms. The molecule has 1 unspecified atom stereocenters. The van der Waals surface area contributed by atoms with Gasteiger partial charge in [0.05, 0.1) is 19.6 Å². The molecular formula is C13H17N3O3. The third-order valence-electron chi connectivity index (χ3n) is 2.88. The van der Waals surface area contributed by atoms with Crippen molar-refractivity contribution in [3.8, 4) is 0 Å². The Hall–Kier alpha value is -1.92. The van der Waals surface area contributed by atoms with Crippen molar-refractivity contribution < 1.29 is 14.3 Å². The summed E-state index contributed by atoms with van der Waals surface area (Å²) in [6, 6.07) is 6.75. The number of rotatable bonds is 4. The number of amides is 2. The van der Waals surface area contributed by atoms with Gasteiger partial charge in [-0.05, 0) is 11.6 Å². The molecule has 102 valence electrons. The SMILES string of the molecule is NC(=O)Cc1ccccc1NC(=O)C1COCCN1. The maximum Gasteiger partial charge on any atom is 0.243 e.